The molecule has 2 N–H and O–H groups in total. The molecule has 0 aromatic heterocycles. The van der Waals surface area contributed by atoms with Gasteiger partial charge >= 0.3 is 0 Å². The van der Waals surface area contributed by atoms with Crippen LogP contribution in [0.1, 0.15) is 31.9 Å². The highest BCUT2D eigenvalue weighted by molar-refractivity contribution is 14.0. The lowest BCUT2D eigenvalue weighted by Crippen LogP contribution is -2.38. The molecule has 2 aromatic carbocycles. The molecule has 0 amide bonds. The molecule has 30 heavy (non-hydrogen) atoms. The topological polar surface area (TPSA) is 79.8 Å². The second kappa shape index (κ2) is 11.5. The molecular formula is C22H32IN3O3S. The Morgan fingerprint density at radius 2 is 1.67 bits per heavy atom. The van der Waals surface area contributed by atoms with Gasteiger partial charge in [-0.15, -0.1) is 24.0 Å². The van der Waals surface area contributed by atoms with Gasteiger partial charge in [-0.3, -0.25) is 4.99 Å². The molecule has 2 aromatic rings. The standard InChI is InChI=1S/C22H31N3O3S.HI/c1-22(2,3)28-20-9-7-6-8-18(20)16-25-21(23-4)24-15-14-17-10-12-19(13-11-17)29(5,26)27;/h6-13H,14-16H2,1-5H3,(H2,23,24,25);1H. The first-order valence-corrected chi connectivity index (χ1v) is 11.5. The van der Waals surface area contributed by atoms with Crippen molar-refractivity contribution >= 4 is 39.8 Å². The van der Waals surface area contributed by atoms with E-state index >= 15 is 0 Å². The fourth-order valence-corrected chi connectivity index (χ4v) is 3.34. The molecule has 0 aliphatic carbocycles. The van der Waals surface area contributed by atoms with Crippen LogP contribution in [0.3, 0.4) is 0 Å². The highest BCUT2D eigenvalue weighted by Crippen LogP contribution is 2.22. The molecule has 0 spiro atoms. The molecular weight excluding hydrogens is 513 g/mol. The first-order chi connectivity index (χ1) is 13.6. The third-order valence-corrected chi connectivity index (χ3v) is 5.24. The van der Waals surface area contributed by atoms with Crippen molar-refractivity contribution in [2.75, 3.05) is 19.8 Å². The lowest BCUT2D eigenvalue weighted by atomic mass is 10.1. The summed E-state index contributed by atoms with van der Waals surface area (Å²) in [7, 11) is -1.43. The second-order valence-corrected chi connectivity index (χ2v) is 9.86. The monoisotopic (exact) mass is 545 g/mol. The Morgan fingerprint density at radius 1 is 1.03 bits per heavy atom. The summed E-state index contributed by atoms with van der Waals surface area (Å²) < 4.78 is 29.1. The molecule has 0 radical (unpaired) electrons. The number of hydrogen-bond acceptors (Lipinski definition) is 4. The van der Waals surface area contributed by atoms with Crippen LogP contribution in [0.15, 0.2) is 58.4 Å². The Labute approximate surface area is 197 Å². The predicted molar refractivity (Wildman–Crippen MR) is 134 cm³/mol. The van der Waals surface area contributed by atoms with Gasteiger partial charge < -0.3 is 15.4 Å². The van der Waals surface area contributed by atoms with Crippen LogP contribution >= 0.6 is 24.0 Å². The maximum Gasteiger partial charge on any atom is 0.191 e. The third kappa shape index (κ3) is 8.91. The van der Waals surface area contributed by atoms with Gasteiger partial charge in [0, 0.05) is 32.0 Å². The number of hydrogen-bond donors (Lipinski definition) is 2. The Kier molecular flexibility index (Phi) is 10.1. The number of sulfone groups is 1. The van der Waals surface area contributed by atoms with Crippen LogP contribution in [0.5, 0.6) is 5.75 Å². The lowest BCUT2D eigenvalue weighted by Gasteiger charge is -2.23. The van der Waals surface area contributed by atoms with Crippen molar-refractivity contribution in [3.8, 4) is 5.75 Å². The zero-order valence-corrected chi connectivity index (χ0v) is 21.4. The van der Waals surface area contributed by atoms with Gasteiger partial charge in [0.15, 0.2) is 15.8 Å². The first kappa shape index (κ1) is 26.2. The number of nitrogens with zero attached hydrogens (tertiary/aromatic N) is 1. The van der Waals surface area contributed by atoms with Gasteiger partial charge in [-0.25, -0.2) is 8.42 Å². The summed E-state index contributed by atoms with van der Waals surface area (Å²) >= 11 is 0. The SMILES string of the molecule is CN=C(NCCc1ccc(S(C)(=O)=O)cc1)NCc1ccccc1OC(C)(C)C.I. The van der Waals surface area contributed by atoms with Gasteiger partial charge in [0.05, 0.1) is 4.90 Å². The zero-order valence-electron chi connectivity index (χ0n) is 18.2. The van der Waals surface area contributed by atoms with Gasteiger partial charge in [-0.05, 0) is 51.0 Å². The van der Waals surface area contributed by atoms with Crippen molar-refractivity contribution < 1.29 is 13.2 Å². The summed E-state index contributed by atoms with van der Waals surface area (Å²) in [5.41, 5.74) is 1.86. The fourth-order valence-electron chi connectivity index (χ4n) is 2.71. The number of rotatable bonds is 7. The minimum absolute atomic E-state index is 0. The average molecular weight is 545 g/mol. The van der Waals surface area contributed by atoms with E-state index in [0.29, 0.717) is 23.9 Å². The molecule has 0 fully saturated rings. The summed E-state index contributed by atoms with van der Waals surface area (Å²) in [4.78, 5) is 4.60. The Hall–Kier alpha value is -1.81. The first-order valence-electron chi connectivity index (χ1n) is 9.59. The molecule has 0 bridgehead atoms. The van der Waals surface area contributed by atoms with E-state index in [9.17, 15) is 8.42 Å². The van der Waals surface area contributed by atoms with E-state index in [1.54, 1.807) is 19.2 Å². The number of ether oxygens (including phenoxy) is 1. The Morgan fingerprint density at radius 3 is 2.23 bits per heavy atom. The van der Waals surface area contributed by atoms with E-state index < -0.39 is 9.84 Å². The van der Waals surface area contributed by atoms with Gasteiger partial charge in [0.1, 0.15) is 11.4 Å². The van der Waals surface area contributed by atoms with E-state index in [1.165, 1.54) is 6.26 Å². The van der Waals surface area contributed by atoms with Crippen LogP contribution in [0.2, 0.25) is 0 Å². The molecule has 0 aliphatic rings. The molecule has 0 unspecified atom stereocenters. The van der Waals surface area contributed by atoms with Crippen molar-refractivity contribution in [1.82, 2.24) is 10.6 Å². The predicted octanol–water partition coefficient (Wildman–Crippen LogP) is 3.79. The zero-order chi connectivity index (χ0) is 21.5. The molecule has 0 atom stereocenters. The van der Waals surface area contributed by atoms with Crippen molar-refractivity contribution in [3.05, 3.63) is 59.7 Å². The molecule has 2 rings (SSSR count). The summed E-state index contributed by atoms with van der Waals surface area (Å²) in [5.74, 6) is 1.55. The molecule has 0 heterocycles. The quantitative estimate of drug-likeness (QED) is 0.315. The lowest BCUT2D eigenvalue weighted by molar-refractivity contribution is 0.129. The smallest absolute Gasteiger partial charge is 0.191 e. The van der Waals surface area contributed by atoms with Crippen molar-refractivity contribution in [2.45, 2.75) is 44.2 Å². The molecule has 0 aliphatic heterocycles. The molecule has 8 heteroatoms. The van der Waals surface area contributed by atoms with Crippen LogP contribution in [0.4, 0.5) is 0 Å². The van der Waals surface area contributed by atoms with E-state index in [4.69, 9.17) is 4.74 Å². The molecule has 0 saturated heterocycles. The van der Waals surface area contributed by atoms with Crippen LogP contribution in [0.25, 0.3) is 0 Å². The normalized spacial score (nSPS) is 12.1. The number of benzene rings is 2. The van der Waals surface area contributed by atoms with Crippen LogP contribution < -0.4 is 15.4 Å². The highest BCUT2D eigenvalue weighted by atomic mass is 127. The van der Waals surface area contributed by atoms with E-state index in [-0.39, 0.29) is 29.6 Å². The fraction of sp³-hybridized carbons (Fsp3) is 0.409. The molecule has 6 nitrogen and oxygen atoms in total. The Balaban J connectivity index is 0.00000450. The number of para-hydroxylation sites is 1. The second-order valence-electron chi connectivity index (χ2n) is 7.84. The number of aliphatic imine (C=N–C) groups is 1. The minimum Gasteiger partial charge on any atom is -0.488 e. The average Bonchev–Trinajstić information content (AvgIpc) is 2.64. The molecule has 0 saturated carbocycles. The number of nitrogens with one attached hydrogen (secondary N) is 2. The Bertz CT molecular complexity index is 937. The third-order valence-electron chi connectivity index (χ3n) is 4.12. The number of guanidine groups is 1. The summed E-state index contributed by atoms with van der Waals surface area (Å²) in [6.45, 7) is 7.35. The maximum absolute atomic E-state index is 11.5. The van der Waals surface area contributed by atoms with E-state index in [1.807, 2.05) is 57.2 Å². The highest BCUT2D eigenvalue weighted by Gasteiger charge is 2.14. The van der Waals surface area contributed by atoms with Crippen LogP contribution in [0, 0.1) is 0 Å². The van der Waals surface area contributed by atoms with Gasteiger partial charge in [-0.1, -0.05) is 30.3 Å². The van der Waals surface area contributed by atoms with Crippen molar-refractivity contribution in [1.29, 1.82) is 0 Å². The van der Waals surface area contributed by atoms with E-state index in [0.717, 1.165) is 23.3 Å². The summed E-state index contributed by atoms with van der Waals surface area (Å²) in [6.07, 6.45) is 1.97. The molecule has 166 valence electrons. The minimum atomic E-state index is -3.16. The van der Waals surface area contributed by atoms with Crippen molar-refractivity contribution in [2.24, 2.45) is 4.99 Å². The van der Waals surface area contributed by atoms with Gasteiger partial charge in [-0.2, -0.15) is 0 Å². The largest absolute Gasteiger partial charge is 0.488 e. The van der Waals surface area contributed by atoms with E-state index in [2.05, 4.69) is 15.6 Å². The van der Waals surface area contributed by atoms with Crippen LogP contribution in [-0.4, -0.2) is 39.8 Å². The number of halogens is 1. The summed E-state index contributed by atoms with van der Waals surface area (Å²) in [5, 5.41) is 6.59. The summed E-state index contributed by atoms with van der Waals surface area (Å²) in [6, 6.07) is 14.9. The van der Waals surface area contributed by atoms with Crippen molar-refractivity contribution in [3.63, 3.8) is 0 Å². The maximum atomic E-state index is 11.5. The van der Waals surface area contributed by atoms with Crippen LogP contribution in [-0.2, 0) is 22.8 Å². The van der Waals surface area contributed by atoms with Gasteiger partial charge in [0.2, 0.25) is 0 Å². The van der Waals surface area contributed by atoms with Gasteiger partial charge in [0.25, 0.3) is 0 Å².